The van der Waals surface area contributed by atoms with E-state index in [9.17, 15) is 14.4 Å². The number of nitrogens with one attached hydrogen (secondary N) is 1. The Bertz CT molecular complexity index is 538. The van der Waals surface area contributed by atoms with Gasteiger partial charge in [0.1, 0.15) is 0 Å². The largest absolute Gasteiger partial charge is 0.456 e. The van der Waals surface area contributed by atoms with Gasteiger partial charge >= 0.3 is 5.97 Å². The molecule has 1 N–H and O–H groups in total. The standard InChI is InChI=1S/C16H20N2O4/c1-18(2)15(20)12-22-16(21)10-11-17-14(19)9-8-13-6-4-3-5-7-13/h3-9H,10-12H2,1-2H3,(H,17,19)/b9-8+. The van der Waals surface area contributed by atoms with E-state index in [0.717, 1.165) is 5.56 Å². The van der Waals surface area contributed by atoms with Gasteiger partial charge in [-0.15, -0.1) is 0 Å². The normalized spacial score (nSPS) is 10.3. The summed E-state index contributed by atoms with van der Waals surface area (Å²) >= 11 is 0. The minimum absolute atomic E-state index is 0.0195. The number of carbonyl (C=O) groups excluding carboxylic acids is 3. The third-order valence-corrected chi connectivity index (χ3v) is 2.71. The summed E-state index contributed by atoms with van der Waals surface area (Å²) in [5.74, 6) is -1.10. The lowest BCUT2D eigenvalue weighted by Crippen LogP contribution is -2.29. The van der Waals surface area contributed by atoms with Crippen molar-refractivity contribution in [2.24, 2.45) is 0 Å². The summed E-state index contributed by atoms with van der Waals surface area (Å²) in [6.45, 7) is -0.124. The molecule has 1 aromatic carbocycles. The highest BCUT2D eigenvalue weighted by Crippen LogP contribution is 2.00. The quantitative estimate of drug-likeness (QED) is 0.598. The van der Waals surface area contributed by atoms with Gasteiger partial charge in [0.05, 0.1) is 6.42 Å². The molecule has 0 radical (unpaired) electrons. The molecule has 0 saturated heterocycles. The Hall–Kier alpha value is -2.63. The molecule has 118 valence electrons. The fraction of sp³-hybridized carbons (Fsp3) is 0.312. The lowest BCUT2D eigenvalue weighted by atomic mass is 10.2. The highest BCUT2D eigenvalue weighted by Gasteiger charge is 2.09. The molecule has 0 bridgehead atoms. The van der Waals surface area contributed by atoms with E-state index < -0.39 is 5.97 Å². The van der Waals surface area contributed by atoms with Crippen LogP contribution < -0.4 is 5.32 Å². The topological polar surface area (TPSA) is 75.7 Å². The van der Waals surface area contributed by atoms with Gasteiger partial charge in [-0.05, 0) is 11.6 Å². The summed E-state index contributed by atoms with van der Waals surface area (Å²) in [4.78, 5) is 35.5. The van der Waals surface area contributed by atoms with Gasteiger partial charge in [-0.1, -0.05) is 30.3 Å². The molecule has 1 aromatic rings. The molecule has 22 heavy (non-hydrogen) atoms. The molecule has 0 aliphatic heterocycles. The lowest BCUT2D eigenvalue weighted by molar-refractivity contribution is -0.151. The Kier molecular flexibility index (Phi) is 7.39. The van der Waals surface area contributed by atoms with Crippen molar-refractivity contribution in [1.29, 1.82) is 0 Å². The highest BCUT2D eigenvalue weighted by atomic mass is 16.5. The zero-order chi connectivity index (χ0) is 16.4. The van der Waals surface area contributed by atoms with E-state index in [1.165, 1.54) is 11.0 Å². The van der Waals surface area contributed by atoms with E-state index in [4.69, 9.17) is 4.74 Å². The number of likely N-dealkylation sites (N-methyl/N-ethyl adjacent to an activating group) is 1. The Labute approximate surface area is 129 Å². The van der Waals surface area contributed by atoms with E-state index in [-0.39, 0.29) is 31.4 Å². The van der Waals surface area contributed by atoms with Crippen LogP contribution in [-0.2, 0) is 19.1 Å². The number of benzene rings is 1. The fourth-order valence-electron chi connectivity index (χ4n) is 1.43. The third-order valence-electron chi connectivity index (χ3n) is 2.71. The number of nitrogens with zero attached hydrogens (tertiary/aromatic N) is 1. The molecule has 0 aromatic heterocycles. The maximum Gasteiger partial charge on any atom is 0.308 e. The number of carbonyl (C=O) groups is 3. The van der Waals surface area contributed by atoms with Crippen LogP contribution in [0.3, 0.4) is 0 Å². The van der Waals surface area contributed by atoms with Crippen LogP contribution in [0.1, 0.15) is 12.0 Å². The van der Waals surface area contributed by atoms with E-state index >= 15 is 0 Å². The first kappa shape index (κ1) is 17.4. The van der Waals surface area contributed by atoms with E-state index in [1.54, 1.807) is 20.2 Å². The summed E-state index contributed by atoms with van der Waals surface area (Å²) in [7, 11) is 3.16. The van der Waals surface area contributed by atoms with Crippen molar-refractivity contribution in [3.63, 3.8) is 0 Å². The van der Waals surface area contributed by atoms with Crippen LogP contribution in [0.4, 0.5) is 0 Å². The Balaban J connectivity index is 2.21. The van der Waals surface area contributed by atoms with Crippen molar-refractivity contribution < 1.29 is 19.1 Å². The summed E-state index contributed by atoms with van der Waals surface area (Å²) in [5, 5.41) is 2.57. The molecule has 0 saturated carbocycles. The predicted molar refractivity (Wildman–Crippen MR) is 82.8 cm³/mol. The molecule has 6 heteroatoms. The van der Waals surface area contributed by atoms with Gasteiger partial charge in [-0.3, -0.25) is 14.4 Å². The molecule has 0 unspecified atom stereocenters. The molecular weight excluding hydrogens is 284 g/mol. The van der Waals surface area contributed by atoms with Gasteiger partial charge in [0.2, 0.25) is 5.91 Å². The molecule has 0 atom stereocenters. The van der Waals surface area contributed by atoms with Crippen molar-refractivity contribution in [3.05, 3.63) is 42.0 Å². The molecular formula is C16H20N2O4. The van der Waals surface area contributed by atoms with Crippen LogP contribution in [0, 0.1) is 0 Å². The second kappa shape index (κ2) is 9.33. The van der Waals surface area contributed by atoms with E-state index in [1.807, 2.05) is 30.3 Å². The molecule has 0 aliphatic carbocycles. The zero-order valence-corrected chi connectivity index (χ0v) is 12.7. The maximum atomic E-state index is 11.5. The first-order chi connectivity index (χ1) is 10.5. The predicted octanol–water partition coefficient (Wildman–Crippen LogP) is 0.838. The Morgan fingerprint density at radius 1 is 1.18 bits per heavy atom. The van der Waals surface area contributed by atoms with Crippen molar-refractivity contribution >= 4 is 23.9 Å². The van der Waals surface area contributed by atoms with Gasteiger partial charge in [0, 0.05) is 26.7 Å². The van der Waals surface area contributed by atoms with Crippen LogP contribution >= 0.6 is 0 Å². The molecule has 0 spiro atoms. The van der Waals surface area contributed by atoms with Crippen molar-refractivity contribution in [2.45, 2.75) is 6.42 Å². The number of amides is 2. The number of hydrogen-bond donors (Lipinski definition) is 1. The second-order valence-corrected chi connectivity index (χ2v) is 4.73. The van der Waals surface area contributed by atoms with Gasteiger partial charge in [0.15, 0.2) is 6.61 Å². The van der Waals surface area contributed by atoms with E-state index in [2.05, 4.69) is 5.32 Å². The van der Waals surface area contributed by atoms with Crippen molar-refractivity contribution in [3.8, 4) is 0 Å². The average molecular weight is 304 g/mol. The zero-order valence-electron chi connectivity index (χ0n) is 12.7. The first-order valence-electron chi connectivity index (χ1n) is 6.86. The van der Waals surface area contributed by atoms with Crippen LogP contribution in [0.15, 0.2) is 36.4 Å². The highest BCUT2D eigenvalue weighted by molar-refractivity contribution is 5.91. The molecule has 0 fully saturated rings. The molecule has 0 aliphatic rings. The van der Waals surface area contributed by atoms with Gasteiger partial charge in [-0.25, -0.2) is 0 Å². The maximum absolute atomic E-state index is 11.5. The molecule has 1 rings (SSSR count). The Morgan fingerprint density at radius 2 is 1.86 bits per heavy atom. The minimum atomic E-state index is -0.525. The third kappa shape index (κ3) is 7.23. The van der Waals surface area contributed by atoms with Crippen LogP contribution in [0.5, 0.6) is 0 Å². The number of hydrogen-bond acceptors (Lipinski definition) is 4. The van der Waals surface area contributed by atoms with Gasteiger partial charge < -0.3 is 15.0 Å². The summed E-state index contributed by atoms with van der Waals surface area (Å²) in [6, 6.07) is 9.40. The van der Waals surface area contributed by atoms with Crippen molar-refractivity contribution in [2.75, 3.05) is 27.2 Å². The van der Waals surface area contributed by atoms with Gasteiger partial charge in [-0.2, -0.15) is 0 Å². The molecule has 6 nitrogen and oxygen atoms in total. The molecule has 0 heterocycles. The van der Waals surface area contributed by atoms with Crippen LogP contribution in [-0.4, -0.2) is 49.9 Å². The number of ether oxygens (including phenoxy) is 1. The Morgan fingerprint density at radius 3 is 2.50 bits per heavy atom. The first-order valence-corrected chi connectivity index (χ1v) is 6.86. The average Bonchev–Trinajstić information content (AvgIpc) is 2.51. The number of rotatable bonds is 7. The van der Waals surface area contributed by atoms with Crippen LogP contribution in [0.25, 0.3) is 6.08 Å². The van der Waals surface area contributed by atoms with E-state index in [0.29, 0.717) is 0 Å². The lowest BCUT2D eigenvalue weighted by Gasteiger charge is -2.10. The second-order valence-electron chi connectivity index (χ2n) is 4.73. The smallest absolute Gasteiger partial charge is 0.308 e. The summed E-state index contributed by atoms with van der Waals surface area (Å²) < 4.78 is 4.78. The van der Waals surface area contributed by atoms with Crippen LogP contribution in [0.2, 0.25) is 0 Å². The SMILES string of the molecule is CN(C)C(=O)COC(=O)CCNC(=O)/C=C/c1ccccc1. The van der Waals surface area contributed by atoms with Gasteiger partial charge in [0.25, 0.3) is 5.91 Å². The van der Waals surface area contributed by atoms with Crippen molar-refractivity contribution in [1.82, 2.24) is 10.2 Å². The minimum Gasteiger partial charge on any atom is -0.456 e. The summed E-state index contributed by atoms with van der Waals surface area (Å²) in [5.41, 5.74) is 0.916. The molecule has 2 amide bonds. The summed E-state index contributed by atoms with van der Waals surface area (Å²) in [6.07, 6.45) is 3.10. The fourth-order valence-corrected chi connectivity index (χ4v) is 1.43. The number of esters is 1. The monoisotopic (exact) mass is 304 g/mol.